The average Bonchev–Trinajstić information content (AvgIpc) is 3.70. The number of carbonyl (C=O) groups excluding carboxylic acids is 1. The van der Waals surface area contributed by atoms with Gasteiger partial charge >= 0.3 is 0 Å². The first-order valence-corrected chi connectivity index (χ1v) is 15.1. The van der Waals surface area contributed by atoms with Gasteiger partial charge in [-0.25, -0.2) is 0 Å². The van der Waals surface area contributed by atoms with E-state index in [-0.39, 0.29) is 2.85 Å². The molecule has 0 saturated heterocycles. The topological polar surface area (TPSA) is 17.1 Å². The molecular weight excluding hydrogens is 436 g/mol. The molecule has 0 amide bonds. The second-order valence-corrected chi connectivity index (χ2v) is 12.6. The van der Waals surface area contributed by atoms with Gasteiger partial charge in [-0.1, -0.05) is 100 Å². The molecule has 1 nitrogen and oxygen atoms in total. The van der Waals surface area contributed by atoms with Gasteiger partial charge < -0.3 is 0 Å². The van der Waals surface area contributed by atoms with Gasteiger partial charge in [-0.3, -0.25) is 4.79 Å². The van der Waals surface area contributed by atoms with Gasteiger partial charge in [0.05, 0.1) is 0 Å². The first kappa shape index (κ1) is 27.2. The molecule has 0 N–H and O–H groups in total. The molecule has 36 heavy (non-hydrogen) atoms. The minimum Gasteiger partial charge on any atom is -0.299 e. The SMILES string of the molecule is CC(C)(c1ccccc1)C1CCCCC1.Cc1ccc(C2CC2)c(CCCCCC(=O)C2CCC2)c1.[HH].[HH]. The van der Waals surface area contributed by atoms with Crippen LogP contribution in [0.4, 0.5) is 0 Å². The molecule has 2 aromatic carbocycles. The van der Waals surface area contributed by atoms with Gasteiger partial charge in [-0.15, -0.1) is 0 Å². The minimum atomic E-state index is 0. The molecule has 3 aliphatic carbocycles. The van der Waals surface area contributed by atoms with Crippen LogP contribution in [0.25, 0.3) is 0 Å². The lowest BCUT2D eigenvalue weighted by Crippen LogP contribution is -2.30. The molecule has 0 aliphatic heterocycles. The van der Waals surface area contributed by atoms with Gasteiger partial charge in [-0.2, -0.15) is 0 Å². The third kappa shape index (κ3) is 7.56. The molecule has 2 aromatic rings. The fraction of sp³-hybridized carbons (Fsp3) is 0.629. The highest BCUT2D eigenvalue weighted by Crippen LogP contribution is 2.42. The van der Waals surface area contributed by atoms with Gasteiger partial charge in [0.25, 0.3) is 0 Å². The molecule has 0 radical (unpaired) electrons. The lowest BCUT2D eigenvalue weighted by Gasteiger charge is -2.37. The van der Waals surface area contributed by atoms with Crippen LogP contribution in [0.1, 0.15) is 135 Å². The van der Waals surface area contributed by atoms with Crippen molar-refractivity contribution >= 4 is 5.78 Å². The predicted molar refractivity (Wildman–Crippen MR) is 158 cm³/mol. The first-order valence-electron chi connectivity index (χ1n) is 15.1. The predicted octanol–water partition coefficient (Wildman–Crippen LogP) is 10.4. The Balaban J connectivity index is 0.000000266. The number of Topliss-reactive ketones (excluding diaryl/α,β-unsaturated/α-hetero) is 1. The van der Waals surface area contributed by atoms with Crippen LogP contribution in [-0.2, 0) is 16.6 Å². The third-order valence-corrected chi connectivity index (χ3v) is 9.39. The van der Waals surface area contributed by atoms with E-state index in [1.165, 1.54) is 81.8 Å². The summed E-state index contributed by atoms with van der Waals surface area (Å²) in [5.41, 5.74) is 6.43. The maximum absolute atomic E-state index is 11.9. The summed E-state index contributed by atoms with van der Waals surface area (Å²) in [5, 5.41) is 0. The Bertz CT molecular complexity index is 953. The zero-order valence-electron chi connectivity index (χ0n) is 23.4. The lowest BCUT2D eigenvalue weighted by atomic mass is 9.67. The fourth-order valence-electron chi connectivity index (χ4n) is 6.40. The van der Waals surface area contributed by atoms with Gasteiger partial charge in [0.2, 0.25) is 0 Å². The van der Waals surface area contributed by atoms with Crippen molar-refractivity contribution in [3.05, 3.63) is 70.8 Å². The Hall–Kier alpha value is -1.89. The molecule has 3 saturated carbocycles. The van der Waals surface area contributed by atoms with Crippen molar-refractivity contribution in [3.8, 4) is 0 Å². The minimum absolute atomic E-state index is 0. The summed E-state index contributed by atoms with van der Waals surface area (Å²) in [5.74, 6) is 2.70. The second kappa shape index (κ2) is 13.1. The summed E-state index contributed by atoms with van der Waals surface area (Å²) in [7, 11) is 0. The number of aryl methyl sites for hydroxylation is 2. The normalized spacial score (nSPS) is 18.8. The van der Waals surface area contributed by atoms with Crippen LogP contribution in [0.5, 0.6) is 0 Å². The maximum atomic E-state index is 11.9. The van der Waals surface area contributed by atoms with Crippen LogP contribution in [0.3, 0.4) is 0 Å². The number of carbonyl (C=O) groups is 1. The standard InChI is InChI=1S/C20H28O.C15H22.2H2/c1-15-10-13-19(16-11-12-16)18(14-15)6-3-2-4-9-20(21)17-7-5-8-17;1-15(2,13-9-5-3-6-10-13)14-11-7-4-8-12-14;;/h10,13-14,16-17H,2-9,11-12H2,1H3;3,5-6,9-10,14H,4,7-8,11-12H2,1-2H3;2*1H. The van der Waals surface area contributed by atoms with Crippen molar-refractivity contribution in [3.63, 3.8) is 0 Å². The Morgan fingerprint density at radius 3 is 2.19 bits per heavy atom. The Morgan fingerprint density at radius 1 is 0.833 bits per heavy atom. The highest BCUT2D eigenvalue weighted by molar-refractivity contribution is 5.81. The number of ketones is 1. The van der Waals surface area contributed by atoms with Crippen LogP contribution in [0.15, 0.2) is 48.5 Å². The van der Waals surface area contributed by atoms with Gasteiger partial charge in [0.15, 0.2) is 0 Å². The van der Waals surface area contributed by atoms with Crippen LogP contribution in [0, 0.1) is 18.8 Å². The molecule has 5 rings (SSSR count). The second-order valence-electron chi connectivity index (χ2n) is 12.6. The van der Waals surface area contributed by atoms with E-state index < -0.39 is 0 Å². The first-order chi connectivity index (χ1) is 17.4. The monoisotopic (exact) mass is 490 g/mol. The van der Waals surface area contributed by atoms with E-state index in [0.717, 1.165) is 37.5 Å². The molecular formula is C35H54O. The maximum Gasteiger partial charge on any atom is 0.135 e. The van der Waals surface area contributed by atoms with E-state index >= 15 is 0 Å². The van der Waals surface area contributed by atoms with Crippen molar-refractivity contribution in [2.45, 2.75) is 128 Å². The van der Waals surface area contributed by atoms with E-state index in [1.807, 2.05) is 0 Å². The molecule has 0 heterocycles. The summed E-state index contributed by atoms with van der Waals surface area (Å²) < 4.78 is 0. The Kier molecular flexibility index (Phi) is 9.86. The van der Waals surface area contributed by atoms with E-state index in [4.69, 9.17) is 0 Å². The van der Waals surface area contributed by atoms with Crippen molar-refractivity contribution in [2.75, 3.05) is 0 Å². The summed E-state index contributed by atoms with van der Waals surface area (Å²) in [6.07, 6.45) is 19.1. The van der Waals surface area contributed by atoms with Crippen molar-refractivity contribution in [2.24, 2.45) is 11.8 Å². The lowest BCUT2D eigenvalue weighted by molar-refractivity contribution is -0.125. The van der Waals surface area contributed by atoms with E-state index in [2.05, 4.69) is 69.3 Å². The fourth-order valence-corrected chi connectivity index (χ4v) is 6.40. The number of hydrogen-bond acceptors (Lipinski definition) is 1. The molecule has 200 valence electrons. The zero-order valence-corrected chi connectivity index (χ0v) is 23.4. The van der Waals surface area contributed by atoms with Crippen molar-refractivity contribution in [1.82, 2.24) is 0 Å². The Labute approximate surface area is 224 Å². The van der Waals surface area contributed by atoms with Crippen molar-refractivity contribution in [1.29, 1.82) is 0 Å². The van der Waals surface area contributed by atoms with E-state index in [9.17, 15) is 4.79 Å². The summed E-state index contributed by atoms with van der Waals surface area (Å²) in [4.78, 5) is 11.9. The molecule has 0 atom stereocenters. The molecule has 1 heteroatoms. The van der Waals surface area contributed by atoms with Gasteiger partial charge in [-0.05, 0) is 98.7 Å². The number of rotatable bonds is 10. The summed E-state index contributed by atoms with van der Waals surface area (Å²) in [6, 6.07) is 18.0. The van der Waals surface area contributed by atoms with Crippen LogP contribution in [-0.4, -0.2) is 5.78 Å². The van der Waals surface area contributed by atoms with Crippen LogP contribution >= 0.6 is 0 Å². The largest absolute Gasteiger partial charge is 0.299 e. The van der Waals surface area contributed by atoms with Gasteiger partial charge in [0.1, 0.15) is 5.78 Å². The Morgan fingerprint density at radius 2 is 1.56 bits per heavy atom. The zero-order chi connectivity index (χ0) is 25.4. The highest BCUT2D eigenvalue weighted by Gasteiger charge is 2.31. The molecule has 3 fully saturated rings. The molecule has 0 aromatic heterocycles. The van der Waals surface area contributed by atoms with Gasteiger partial charge in [0, 0.05) is 15.2 Å². The van der Waals surface area contributed by atoms with Crippen LogP contribution < -0.4 is 0 Å². The average molecular weight is 491 g/mol. The number of benzene rings is 2. The number of hydrogen-bond donors (Lipinski definition) is 0. The summed E-state index contributed by atoms with van der Waals surface area (Å²) in [6.45, 7) is 7.02. The molecule has 0 unspecified atom stereocenters. The summed E-state index contributed by atoms with van der Waals surface area (Å²) >= 11 is 0. The van der Waals surface area contributed by atoms with Crippen LogP contribution in [0.2, 0.25) is 0 Å². The molecule has 0 spiro atoms. The van der Waals surface area contributed by atoms with E-state index in [0.29, 0.717) is 17.1 Å². The number of unbranched alkanes of at least 4 members (excludes halogenated alkanes) is 2. The highest BCUT2D eigenvalue weighted by atomic mass is 16.1. The molecule has 0 bridgehead atoms. The molecule has 3 aliphatic rings. The smallest absolute Gasteiger partial charge is 0.135 e. The van der Waals surface area contributed by atoms with Crippen molar-refractivity contribution < 1.29 is 7.65 Å². The quantitative estimate of drug-likeness (QED) is 0.303. The van der Waals surface area contributed by atoms with E-state index in [1.54, 1.807) is 11.1 Å². The third-order valence-electron chi connectivity index (χ3n) is 9.39.